The Bertz CT molecular complexity index is 875. The number of sulfonamides is 1. The van der Waals surface area contributed by atoms with Gasteiger partial charge in [0.25, 0.3) is 0 Å². The van der Waals surface area contributed by atoms with Crippen LogP contribution in [-0.4, -0.2) is 99.8 Å². The number of carbonyl (C=O) groups excluding carboxylic acids is 2. The summed E-state index contributed by atoms with van der Waals surface area (Å²) in [5.74, 6) is 0.0992. The van der Waals surface area contributed by atoms with Crippen LogP contribution in [0.2, 0.25) is 0 Å². The molecule has 10 nitrogen and oxygen atoms in total. The lowest BCUT2D eigenvalue weighted by atomic mass is 10.2. The maximum absolute atomic E-state index is 12.7. The van der Waals surface area contributed by atoms with Crippen molar-refractivity contribution < 1.29 is 27.5 Å². The third-order valence-corrected chi connectivity index (χ3v) is 6.83. The molecule has 1 aromatic carbocycles. The fourth-order valence-electron chi connectivity index (χ4n) is 3.38. The number of hydrogen-bond acceptors (Lipinski definition) is 6. The van der Waals surface area contributed by atoms with Gasteiger partial charge in [0.2, 0.25) is 15.9 Å². The van der Waals surface area contributed by atoms with E-state index in [0.29, 0.717) is 11.4 Å². The fraction of sp³-hybridized carbons (Fsp3) is 0.556. The highest BCUT2D eigenvalue weighted by Gasteiger charge is 2.46. The minimum Gasteiger partial charge on any atom is -0.497 e. The number of ether oxygens (including phenoxy) is 2. The number of hydrogen-bond donors (Lipinski definition) is 1. The van der Waals surface area contributed by atoms with Crippen LogP contribution in [0, 0.1) is 0 Å². The highest BCUT2D eigenvalue weighted by atomic mass is 32.2. The Morgan fingerprint density at radius 1 is 1.31 bits per heavy atom. The number of benzene rings is 1. The first-order valence-corrected chi connectivity index (χ1v) is 10.8. The first-order chi connectivity index (χ1) is 13.7. The van der Waals surface area contributed by atoms with Crippen LogP contribution < -0.4 is 10.1 Å². The predicted octanol–water partition coefficient (Wildman–Crippen LogP) is 0.0301. The second kappa shape index (κ2) is 8.56. The van der Waals surface area contributed by atoms with Crippen molar-refractivity contribution in [3.05, 3.63) is 24.3 Å². The highest BCUT2D eigenvalue weighted by Crippen LogP contribution is 2.26. The van der Waals surface area contributed by atoms with Crippen molar-refractivity contribution in [1.29, 1.82) is 0 Å². The number of carbonyl (C=O) groups is 2. The molecular formula is C18H26N4O6S. The van der Waals surface area contributed by atoms with Crippen LogP contribution in [0.15, 0.2) is 24.3 Å². The second-order valence-electron chi connectivity index (χ2n) is 7.19. The van der Waals surface area contributed by atoms with E-state index >= 15 is 0 Å². The summed E-state index contributed by atoms with van der Waals surface area (Å²) in [4.78, 5) is 27.8. The molecule has 0 unspecified atom stereocenters. The molecule has 0 aromatic heterocycles. The van der Waals surface area contributed by atoms with Gasteiger partial charge in [0.15, 0.2) is 0 Å². The molecule has 2 aliphatic heterocycles. The maximum Gasteiger partial charge on any atom is 0.321 e. The largest absolute Gasteiger partial charge is 0.497 e. The molecule has 3 amide bonds. The van der Waals surface area contributed by atoms with Gasteiger partial charge < -0.3 is 24.6 Å². The number of anilines is 1. The molecule has 2 saturated heterocycles. The number of likely N-dealkylation sites (tertiary alicyclic amines) is 1. The van der Waals surface area contributed by atoms with Crippen LogP contribution in [0.4, 0.5) is 10.5 Å². The molecule has 2 fully saturated rings. The lowest BCUT2D eigenvalue weighted by Crippen LogP contribution is -2.50. The number of nitrogens with zero attached hydrogens (tertiary/aromatic N) is 3. The molecule has 1 aromatic rings. The summed E-state index contributed by atoms with van der Waals surface area (Å²) in [5, 5.41) is 2.79. The first-order valence-electron chi connectivity index (χ1n) is 9.22. The van der Waals surface area contributed by atoms with Crippen molar-refractivity contribution in [2.75, 3.05) is 58.5 Å². The van der Waals surface area contributed by atoms with Crippen molar-refractivity contribution in [2.45, 2.75) is 12.1 Å². The topological polar surface area (TPSA) is 108 Å². The Morgan fingerprint density at radius 2 is 2.07 bits per heavy atom. The van der Waals surface area contributed by atoms with Gasteiger partial charge >= 0.3 is 6.03 Å². The van der Waals surface area contributed by atoms with Crippen molar-refractivity contribution in [1.82, 2.24) is 14.1 Å². The summed E-state index contributed by atoms with van der Waals surface area (Å²) in [6, 6.07) is 5.97. The van der Waals surface area contributed by atoms with E-state index in [0.717, 1.165) is 0 Å². The van der Waals surface area contributed by atoms with Crippen LogP contribution in [0.1, 0.15) is 0 Å². The van der Waals surface area contributed by atoms with Gasteiger partial charge in [-0.3, -0.25) is 4.79 Å². The maximum atomic E-state index is 12.7. The summed E-state index contributed by atoms with van der Waals surface area (Å²) >= 11 is 0. The minimum absolute atomic E-state index is 0.0293. The van der Waals surface area contributed by atoms with E-state index in [-0.39, 0.29) is 43.9 Å². The molecule has 2 aliphatic rings. The van der Waals surface area contributed by atoms with Crippen LogP contribution in [0.5, 0.6) is 5.75 Å². The standard InChI is InChI=1S/C18H26N4O6S/c1-20(2)17(23)12-22-15-10-21(11-16(15)28-7-8-29(22,25)26)18(24)19-13-5-4-6-14(9-13)27-3/h4-6,9,15-16H,7-8,10-12H2,1-3H3,(H,19,24)/t15-,16+/m1/s1. The number of urea groups is 1. The van der Waals surface area contributed by atoms with Gasteiger partial charge in [0.05, 0.1) is 44.7 Å². The molecule has 0 saturated carbocycles. The molecule has 2 atom stereocenters. The molecule has 1 N–H and O–H groups in total. The number of likely N-dealkylation sites (N-methyl/N-ethyl adjacent to an activating group) is 1. The molecule has 11 heteroatoms. The predicted molar refractivity (Wildman–Crippen MR) is 106 cm³/mol. The van der Waals surface area contributed by atoms with Gasteiger partial charge in [-0.2, -0.15) is 4.31 Å². The molecule has 0 aliphatic carbocycles. The Kier molecular flexibility index (Phi) is 6.30. The molecule has 160 valence electrons. The Labute approximate surface area is 170 Å². The van der Waals surface area contributed by atoms with E-state index in [1.807, 2.05) is 0 Å². The number of fused-ring (bicyclic) bond motifs is 1. The summed E-state index contributed by atoms with van der Waals surface area (Å²) in [5.41, 5.74) is 0.564. The molecule has 2 heterocycles. The van der Waals surface area contributed by atoms with Gasteiger partial charge in [-0.1, -0.05) is 6.07 Å². The highest BCUT2D eigenvalue weighted by molar-refractivity contribution is 7.89. The third-order valence-electron chi connectivity index (χ3n) is 5.04. The Balaban J connectivity index is 1.75. The van der Waals surface area contributed by atoms with Crippen molar-refractivity contribution in [2.24, 2.45) is 0 Å². The van der Waals surface area contributed by atoms with Gasteiger partial charge in [0, 0.05) is 32.4 Å². The van der Waals surface area contributed by atoms with Gasteiger partial charge in [-0.05, 0) is 12.1 Å². The van der Waals surface area contributed by atoms with Gasteiger partial charge in [0.1, 0.15) is 5.75 Å². The lowest BCUT2D eigenvalue weighted by molar-refractivity contribution is -0.129. The zero-order chi connectivity index (χ0) is 21.2. The van der Waals surface area contributed by atoms with Crippen LogP contribution in [0.25, 0.3) is 0 Å². The molecule has 3 rings (SSSR count). The van der Waals surface area contributed by atoms with Crippen LogP contribution >= 0.6 is 0 Å². The Hall–Kier alpha value is -2.37. The average Bonchev–Trinajstić information content (AvgIpc) is 3.04. The summed E-state index contributed by atoms with van der Waals surface area (Å²) in [7, 11) is 1.01. The number of methoxy groups -OCH3 is 1. The number of amides is 3. The number of rotatable bonds is 4. The van der Waals surface area contributed by atoms with Crippen LogP contribution in [-0.2, 0) is 19.6 Å². The van der Waals surface area contributed by atoms with E-state index < -0.39 is 22.2 Å². The van der Waals surface area contributed by atoms with Crippen molar-refractivity contribution in [3.63, 3.8) is 0 Å². The quantitative estimate of drug-likeness (QED) is 0.728. The van der Waals surface area contributed by atoms with E-state index in [1.54, 1.807) is 38.4 Å². The molecule has 29 heavy (non-hydrogen) atoms. The summed E-state index contributed by atoms with van der Waals surface area (Å²) in [6.45, 7) is 0.135. The normalized spacial score (nSPS) is 23.8. The molecule has 0 radical (unpaired) electrons. The van der Waals surface area contributed by atoms with E-state index in [4.69, 9.17) is 9.47 Å². The van der Waals surface area contributed by atoms with E-state index in [1.165, 1.54) is 21.2 Å². The lowest BCUT2D eigenvalue weighted by Gasteiger charge is -2.28. The molecular weight excluding hydrogens is 400 g/mol. The fourth-order valence-corrected chi connectivity index (χ4v) is 4.85. The average molecular weight is 426 g/mol. The second-order valence-corrected chi connectivity index (χ2v) is 9.23. The van der Waals surface area contributed by atoms with E-state index in [2.05, 4.69) is 5.32 Å². The Morgan fingerprint density at radius 3 is 2.76 bits per heavy atom. The van der Waals surface area contributed by atoms with Gasteiger partial charge in [-0.25, -0.2) is 13.2 Å². The van der Waals surface area contributed by atoms with Gasteiger partial charge in [-0.15, -0.1) is 0 Å². The SMILES string of the molecule is COc1cccc(NC(=O)N2C[C@@H]3OCCS(=O)(=O)N(CC(=O)N(C)C)[C@@H]3C2)c1. The van der Waals surface area contributed by atoms with E-state index in [9.17, 15) is 18.0 Å². The monoisotopic (exact) mass is 426 g/mol. The molecule has 0 bridgehead atoms. The summed E-state index contributed by atoms with van der Waals surface area (Å²) < 4.78 is 37.4. The smallest absolute Gasteiger partial charge is 0.321 e. The summed E-state index contributed by atoms with van der Waals surface area (Å²) in [6.07, 6.45) is -0.488. The van der Waals surface area contributed by atoms with Crippen molar-refractivity contribution in [3.8, 4) is 5.75 Å². The zero-order valence-electron chi connectivity index (χ0n) is 16.7. The third kappa shape index (κ3) is 4.80. The van der Waals surface area contributed by atoms with Crippen molar-refractivity contribution >= 4 is 27.6 Å². The van der Waals surface area contributed by atoms with Crippen LogP contribution in [0.3, 0.4) is 0 Å². The first kappa shape index (κ1) is 21.3. The minimum atomic E-state index is -3.67. The number of nitrogens with one attached hydrogen (secondary N) is 1. The zero-order valence-corrected chi connectivity index (χ0v) is 17.5. The molecule has 0 spiro atoms.